The van der Waals surface area contributed by atoms with Crippen LogP contribution in [0.3, 0.4) is 0 Å². The largest absolute Gasteiger partial charge is 0.462 e. The molecule has 10 nitrogen and oxygen atoms in total. The molecule has 1 heterocycles. The summed E-state index contributed by atoms with van der Waals surface area (Å²) in [6.45, 7) is 3.68. The van der Waals surface area contributed by atoms with Gasteiger partial charge in [-0.15, -0.1) is 0 Å². The average molecular weight is 577 g/mol. The van der Waals surface area contributed by atoms with Gasteiger partial charge in [0.25, 0.3) is 0 Å². The first-order valence-corrected chi connectivity index (χ1v) is 15.6. The lowest BCUT2D eigenvalue weighted by Gasteiger charge is -2.39. The molecule has 0 aliphatic carbocycles. The molecule has 236 valence electrons. The summed E-state index contributed by atoms with van der Waals surface area (Å²) in [6.07, 6.45) is 6.64. The van der Waals surface area contributed by atoms with Gasteiger partial charge in [0.2, 0.25) is 6.29 Å². The molecule has 0 spiro atoms. The lowest BCUT2D eigenvalue weighted by molar-refractivity contribution is -0.293. The Bertz CT molecular complexity index is 658. The van der Waals surface area contributed by atoms with Crippen LogP contribution in [0.25, 0.3) is 0 Å². The molecular formula is C30H56O10. The molecule has 1 rings (SSSR count). The van der Waals surface area contributed by atoms with E-state index >= 15 is 0 Å². The highest BCUT2D eigenvalue weighted by Gasteiger charge is 2.45. The number of rotatable bonds is 23. The summed E-state index contributed by atoms with van der Waals surface area (Å²) in [5.41, 5.74) is 0. The second kappa shape index (κ2) is 22.3. The van der Waals surface area contributed by atoms with E-state index in [1.165, 1.54) is 38.5 Å². The highest BCUT2D eigenvalue weighted by atomic mass is 16.7. The van der Waals surface area contributed by atoms with E-state index < -0.39 is 61.5 Å². The molecule has 1 saturated heterocycles. The molecule has 40 heavy (non-hydrogen) atoms. The highest BCUT2D eigenvalue weighted by Crippen LogP contribution is 2.23. The van der Waals surface area contributed by atoms with Gasteiger partial charge in [0.05, 0.1) is 25.6 Å². The third kappa shape index (κ3) is 15.6. The van der Waals surface area contributed by atoms with Crippen molar-refractivity contribution in [2.75, 3.05) is 6.61 Å². The maximum Gasteiger partial charge on any atom is 0.311 e. The Morgan fingerprint density at radius 3 is 1.77 bits per heavy atom. The van der Waals surface area contributed by atoms with Crippen molar-refractivity contribution in [3.63, 3.8) is 0 Å². The van der Waals surface area contributed by atoms with Crippen LogP contribution in [-0.2, 0) is 23.8 Å². The van der Waals surface area contributed by atoms with E-state index in [1.807, 2.05) is 0 Å². The van der Waals surface area contributed by atoms with Gasteiger partial charge in [-0.25, -0.2) is 0 Å². The normalized spacial score (nSPS) is 24.4. The van der Waals surface area contributed by atoms with E-state index in [-0.39, 0.29) is 12.8 Å². The monoisotopic (exact) mass is 576 g/mol. The number of carbonyl (C=O) groups is 2. The number of hydrogen-bond acceptors (Lipinski definition) is 10. The van der Waals surface area contributed by atoms with Crippen molar-refractivity contribution in [3.8, 4) is 0 Å². The van der Waals surface area contributed by atoms with Crippen LogP contribution in [-0.4, -0.2) is 87.0 Å². The minimum atomic E-state index is -1.70. The summed E-state index contributed by atoms with van der Waals surface area (Å²) in [6, 6.07) is 0. The van der Waals surface area contributed by atoms with Crippen molar-refractivity contribution in [3.05, 3.63) is 0 Å². The number of aliphatic hydroxyl groups excluding tert-OH is 5. The van der Waals surface area contributed by atoms with Crippen LogP contribution in [0.1, 0.15) is 129 Å². The predicted molar refractivity (Wildman–Crippen MR) is 150 cm³/mol. The molecule has 0 radical (unpaired) electrons. The quantitative estimate of drug-likeness (QED) is 0.0896. The second-order valence-corrected chi connectivity index (χ2v) is 11.2. The average Bonchev–Trinajstić information content (AvgIpc) is 2.92. The molecule has 0 amide bonds. The molecule has 7 atom stereocenters. The van der Waals surface area contributed by atoms with Gasteiger partial charge in [-0.05, 0) is 19.3 Å². The van der Waals surface area contributed by atoms with Crippen LogP contribution in [0.15, 0.2) is 0 Å². The van der Waals surface area contributed by atoms with Crippen LogP contribution in [0.2, 0.25) is 0 Å². The molecule has 2 unspecified atom stereocenters. The van der Waals surface area contributed by atoms with Crippen molar-refractivity contribution >= 4 is 11.9 Å². The first-order valence-electron chi connectivity index (χ1n) is 15.6. The van der Waals surface area contributed by atoms with Crippen molar-refractivity contribution in [1.29, 1.82) is 0 Å². The SMILES string of the molecule is CCCCCCCCCCCC(O)CC(=O)OC(CCCCCCC)CC(=O)O[C@@H]1O[C@H](CO)[C@@H](O)[C@H](O)[C@H]1O. The standard InChI is InChI=1S/C30H56O10/c1-3-5-7-9-10-11-12-14-15-17-22(32)19-25(33)38-23(18-16-13-8-6-4-2)20-26(34)40-30-29(37)28(36)27(35)24(21-31)39-30/h22-24,27-32,35-37H,3-21H2,1-2H3/t22?,23?,24-,27-,28+,29-,30+/m1/s1. The van der Waals surface area contributed by atoms with Gasteiger partial charge in [-0.1, -0.05) is 97.3 Å². The van der Waals surface area contributed by atoms with Gasteiger partial charge in [0.1, 0.15) is 30.5 Å². The molecule has 0 saturated carbocycles. The second-order valence-electron chi connectivity index (χ2n) is 11.2. The molecule has 10 heteroatoms. The van der Waals surface area contributed by atoms with Gasteiger partial charge in [-0.2, -0.15) is 0 Å². The molecule has 5 N–H and O–H groups in total. The first-order chi connectivity index (χ1) is 19.2. The minimum Gasteiger partial charge on any atom is -0.462 e. The van der Waals surface area contributed by atoms with Crippen molar-refractivity contribution < 1.29 is 49.3 Å². The number of hydrogen-bond donors (Lipinski definition) is 5. The van der Waals surface area contributed by atoms with Crippen molar-refractivity contribution in [2.45, 2.75) is 172 Å². The fourth-order valence-electron chi connectivity index (χ4n) is 4.93. The van der Waals surface area contributed by atoms with Gasteiger partial charge in [0.15, 0.2) is 0 Å². The molecule has 1 aliphatic rings. The zero-order valence-corrected chi connectivity index (χ0v) is 24.8. The number of ether oxygens (including phenoxy) is 3. The van der Waals surface area contributed by atoms with E-state index in [0.717, 1.165) is 51.4 Å². The van der Waals surface area contributed by atoms with Crippen LogP contribution >= 0.6 is 0 Å². The summed E-state index contributed by atoms with van der Waals surface area (Å²) in [5, 5.41) is 49.6. The van der Waals surface area contributed by atoms with Crippen molar-refractivity contribution in [1.82, 2.24) is 0 Å². The fourth-order valence-corrected chi connectivity index (χ4v) is 4.93. The van der Waals surface area contributed by atoms with E-state index in [2.05, 4.69) is 13.8 Å². The van der Waals surface area contributed by atoms with Gasteiger partial charge in [0, 0.05) is 0 Å². The molecule has 0 aromatic heterocycles. The van der Waals surface area contributed by atoms with Crippen LogP contribution in [0.4, 0.5) is 0 Å². The van der Waals surface area contributed by atoms with E-state index in [0.29, 0.717) is 12.8 Å². The van der Waals surface area contributed by atoms with Crippen LogP contribution < -0.4 is 0 Å². The predicted octanol–water partition coefficient (Wildman–Crippen LogP) is 3.66. The number of carbonyl (C=O) groups excluding carboxylic acids is 2. The molecule has 1 aliphatic heterocycles. The summed E-state index contributed by atoms with van der Waals surface area (Å²) in [4.78, 5) is 25.2. The number of unbranched alkanes of at least 4 members (excludes halogenated alkanes) is 12. The lowest BCUT2D eigenvalue weighted by Crippen LogP contribution is -2.59. The van der Waals surface area contributed by atoms with E-state index in [4.69, 9.17) is 14.2 Å². The summed E-state index contributed by atoms with van der Waals surface area (Å²) < 4.78 is 16.0. The summed E-state index contributed by atoms with van der Waals surface area (Å²) in [5.74, 6) is -1.39. The summed E-state index contributed by atoms with van der Waals surface area (Å²) in [7, 11) is 0. The molecular weight excluding hydrogens is 520 g/mol. The molecule has 1 fully saturated rings. The lowest BCUT2D eigenvalue weighted by atomic mass is 9.99. The zero-order chi connectivity index (χ0) is 29.8. The Labute approximate surface area is 240 Å². The molecule has 0 bridgehead atoms. The number of aliphatic hydroxyl groups is 5. The Hall–Kier alpha value is -1.30. The maximum absolute atomic E-state index is 12.6. The number of esters is 2. The third-order valence-corrected chi connectivity index (χ3v) is 7.46. The first kappa shape index (κ1) is 36.7. The Balaban J connectivity index is 2.49. The Kier molecular flexibility index (Phi) is 20.5. The van der Waals surface area contributed by atoms with E-state index in [9.17, 15) is 35.1 Å². The van der Waals surface area contributed by atoms with Gasteiger partial charge in [-0.3, -0.25) is 9.59 Å². The maximum atomic E-state index is 12.6. The highest BCUT2D eigenvalue weighted by molar-refractivity contribution is 5.73. The van der Waals surface area contributed by atoms with Crippen LogP contribution in [0.5, 0.6) is 0 Å². The topological polar surface area (TPSA) is 163 Å². The Morgan fingerprint density at radius 1 is 0.700 bits per heavy atom. The smallest absolute Gasteiger partial charge is 0.311 e. The zero-order valence-electron chi connectivity index (χ0n) is 24.8. The molecule has 0 aromatic carbocycles. The molecule has 0 aromatic rings. The summed E-state index contributed by atoms with van der Waals surface area (Å²) >= 11 is 0. The van der Waals surface area contributed by atoms with Crippen LogP contribution in [0, 0.1) is 0 Å². The minimum absolute atomic E-state index is 0.148. The third-order valence-electron chi connectivity index (χ3n) is 7.46. The van der Waals surface area contributed by atoms with Crippen molar-refractivity contribution in [2.24, 2.45) is 0 Å². The van der Waals surface area contributed by atoms with E-state index in [1.54, 1.807) is 0 Å². The van der Waals surface area contributed by atoms with Gasteiger partial charge < -0.3 is 39.7 Å². The fraction of sp³-hybridized carbons (Fsp3) is 0.933. The Morgan fingerprint density at radius 2 is 1.23 bits per heavy atom. The van der Waals surface area contributed by atoms with Gasteiger partial charge >= 0.3 is 11.9 Å².